The molecule has 0 amide bonds. The molecule has 26 heavy (non-hydrogen) atoms. The van der Waals surface area contributed by atoms with Crippen LogP contribution in [0, 0.1) is 12.8 Å². The van der Waals surface area contributed by atoms with E-state index in [4.69, 9.17) is 4.99 Å². The number of para-hydroxylation sites is 1. The van der Waals surface area contributed by atoms with Crippen LogP contribution in [-0.2, 0) is 0 Å². The second-order valence-corrected chi connectivity index (χ2v) is 7.99. The first-order valence-corrected chi connectivity index (χ1v) is 9.65. The van der Waals surface area contributed by atoms with Crippen LogP contribution in [-0.4, -0.2) is 11.5 Å². The van der Waals surface area contributed by atoms with Gasteiger partial charge in [-0.05, 0) is 24.6 Å². The highest BCUT2D eigenvalue weighted by molar-refractivity contribution is 7.99. The van der Waals surface area contributed by atoms with E-state index in [0.29, 0.717) is 0 Å². The molecular formula is C23H17NOS. The Balaban J connectivity index is 1.76. The molecule has 0 saturated carbocycles. The van der Waals surface area contributed by atoms with Crippen LogP contribution >= 0.6 is 11.8 Å². The van der Waals surface area contributed by atoms with Crippen molar-refractivity contribution >= 4 is 28.9 Å². The van der Waals surface area contributed by atoms with Crippen LogP contribution in [0.25, 0.3) is 0 Å². The minimum atomic E-state index is -0.244. The molecule has 0 fully saturated rings. The summed E-state index contributed by atoms with van der Waals surface area (Å²) in [6.45, 7) is 2.10. The largest absolute Gasteiger partial charge is 0.293 e. The summed E-state index contributed by atoms with van der Waals surface area (Å²) in [7, 11) is 0. The highest BCUT2D eigenvalue weighted by Crippen LogP contribution is 2.51. The SMILES string of the molecule is Cc1cccc([C@H]2Sc3ccccc3N=C3c4ccccc4C(=O)[C@@H]32)c1. The molecule has 1 heterocycles. The molecule has 0 N–H and O–H groups in total. The number of hydrogen-bond acceptors (Lipinski definition) is 3. The van der Waals surface area contributed by atoms with Gasteiger partial charge in [-0.3, -0.25) is 9.79 Å². The lowest BCUT2D eigenvalue weighted by molar-refractivity contribution is 0.0960. The van der Waals surface area contributed by atoms with Crippen molar-refractivity contribution in [2.24, 2.45) is 10.9 Å². The highest BCUT2D eigenvalue weighted by atomic mass is 32.2. The van der Waals surface area contributed by atoms with Gasteiger partial charge in [-0.1, -0.05) is 66.2 Å². The van der Waals surface area contributed by atoms with Crippen LogP contribution in [0.1, 0.15) is 32.3 Å². The van der Waals surface area contributed by atoms with E-state index in [1.54, 1.807) is 11.8 Å². The number of nitrogens with zero attached hydrogens (tertiary/aromatic N) is 1. The third-order valence-electron chi connectivity index (χ3n) is 5.08. The molecule has 1 aliphatic carbocycles. The van der Waals surface area contributed by atoms with Crippen LogP contribution < -0.4 is 0 Å². The molecule has 0 spiro atoms. The zero-order valence-electron chi connectivity index (χ0n) is 14.3. The Labute approximate surface area is 157 Å². The molecule has 3 aromatic rings. The van der Waals surface area contributed by atoms with Gasteiger partial charge in [0, 0.05) is 16.0 Å². The van der Waals surface area contributed by atoms with Crippen molar-refractivity contribution in [3.63, 3.8) is 0 Å². The molecule has 5 rings (SSSR count). The predicted octanol–water partition coefficient (Wildman–Crippen LogP) is 5.78. The molecule has 0 bridgehead atoms. The van der Waals surface area contributed by atoms with Crippen molar-refractivity contribution in [2.75, 3.05) is 0 Å². The summed E-state index contributed by atoms with van der Waals surface area (Å²) in [6.07, 6.45) is 0. The number of thioether (sulfide) groups is 1. The summed E-state index contributed by atoms with van der Waals surface area (Å²) in [5.74, 6) is -0.0576. The number of aryl methyl sites for hydroxylation is 1. The smallest absolute Gasteiger partial charge is 0.174 e. The third kappa shape index (κ3) is 2.35. The number of Topliss-reactive ketones (excluding diaryl/α,β-unsaturated/α-hetero) is 1. The summed E-state index contributed by atoms with van der Waals surface area (Å²) in [6, 6.07) is 24.6. The van der Waals surface area contributed by atoms with E-state index in [-0.39, 0.29) is 17.0 Å². The van der Waals surface area contributed by atoms with Crippen molar-refractivity contribution in [2.45, 2.75) is 17.1 Å². The first-order valence-electron chi connectivity index (χ1n) is 8.77. The van der Waals surface area contributed by atoms with Gasteiger partial charge in [-0.25, -0.2) is 0 Å². The first-order chi connectivity index (χ1) is 12.7. The Hall–Kier alpha value is -2.65. The summed E-state index contributed by atoms with van der Waals surface area (Å²) in [5.41, 5.74) is 6.05. The number of ketones is 1. The van der Waals surface area contributed by atoms with Gasteiger partial charge < -0.3 is 0 Å². The Morgan fingerprint density at radius 3 is 2.50 bits per heavy atom. The number of carbonyl (C=O) groups is 1. The second kappa shape index (κ2) is 5.96. The van der Waals surface area contributed by atoms with Crippen molar-refractivity contribution in [3.05, 3.63) is 95.1 Å². The van der Waals surface area contributed by atoms with Gasteiger partial charge in [0.1, 0.15) is 0 Å². The highest BCUT2D eigenvalue weighted by Gasteiger charge is 2.44. The van der Waals surface area contributed by atoms with E-state index < -0.39 is 0 Å². The number of hydrogen-bond donors (Lipinski definition) is 0. The number of benzene rings is 3. The minimum absolute atomic E-state index is 0.0252. The lowest BCUT2D eigenvalue weighted by Crippen LogP contribution is -2.22. The van der Waals surface area contributed by atoms with Gasteiger partial charge >= 0.3 is 0 Å². The topological polar surface area (TPSA) is 29.4 Å². The van der Waals surface area contributed by atoms with Gasteiger partial charge in [-0.15, -0.1) is 11.8 Å². The quantitative estimate of drug-likeness (QED) is 0.554. The molecule has 2 aliphatic rings. The molecule has 3 aromatic carbocycles. The van der Waals surface area contributed by atoms with E-state index >= 15 is 0 Å². The van der Waals surface area contributed by atoms with E-state index in [9.17, 15) is 4.79 Å². The molecule has 0 radical (unpaired) electrons. The van der Waals surface area contributed by atoms with E-state index in [1.165, 1.54) is 11.1 Å². The zero-order chi connectivity index (χ0) is 17.7. The Kier molecular flexibility index (Phi) is 3.57. The molecule has 1 aliphatic heterocycles. The number of carbonyl (C=O) groups excluding carboxylic acids is 1. The normalized spacial score (nSPS) is 20.7. The van der Waals surface area contributed by atoms with Gasteiger partial charge in [0.2, 0.25) is 0 Å². The van der Waals surface area contributed by atoms with Crippen LogP contribution in [0.2, 0.25) is 0 Å². The van der Waals surface area contributed by atoms with E-state index in [1.807, 2.05) is 42.5 Å². The van der Waals surface area contributed by atoms with E-state index in [2.05, 4.69) is 37.3 Å². The Morgan fingerprint density at radius 2 is 1.65 bits per heavy atom. The van der Waals surface area contributed by atoms with Gasteiger partial charge in [0.05, 0.1) is 22.6 Å². The monoisotopic (exact) mass is 355 g/mol. The average molecular weight is 355 g/mol. The minimum Gasteiger partial charge on any atom is -0.293 e. The Bertz CT molecular complexity index is 1070. The molecule has 3 heteroatoms. The number of rotatable bonds is 1. The molecule has 0 saturated heterocycles. The van der Waals surface area contributed by atoms with Crippen LogP contribution in [0.5, 0.6) is 0 Å². The van der Waals surface area contributed by atoms with Crippen LogP contribution in [0.3, 0.4) is 0 Å². The second-order valence-electron chi connectivity index (χ2n) is 6.80. The molecule has 0 aromatic heterocycles. The van der Waals surface area contributed by atoms with Crippen molar-refractivity contribution in [1.82, 2.24) is 0 Å². The van der Waals surface area contributed by atoms with Crippen LogP contribution in [0.15, 0.2) is 82.7 Å². The predicted molar refractivity (Wildman–Crippen MR) is 107 cm³/mol. The Morgan fingerprint density at radius 1 is 0.885 bits per heavy atom. The maximum Gasteiger partial charge on any atom is 0.174 e. The molecule has 2 atom stereocenters. The van der Waals surface area contributed by atoms with Crippen LogP contribution in [0.4, 0.5) is 5.69 Å². The summed E-state index contributed by atoms with van der Waals surface area (Å²) in [4.78, 5) is 19.4. The van der Waals surface area contributed by atoms with Crippen molar-refractivity contribution in [3.8, 4) is 0 Å². The first kappa shape index (κ1) is 15.6. The fourth-order valence-corrected chi connectivity index (χ4v) is 5.22. The zero-order valence-corrected chi connectivity index (χ0v) is 15.2. The number of fused-ring (bicyclic) bond motifs is 4. The average Bonchev–Trinajstić information content (AvgIpc) is 2.83. The maximum absolute atomic E-state index is 13.3. The fourth-order valence-electron chi connectivity index (χ4n) is 3.88. The standard InChI is InChI=1S/C23H17NOS/c1-14-7-6-8-15(13-14)23-20-21(16-9-2-3-10-17(16)22(20)25)24-18-11-4-5-12-19(18)26-23/h2-13,20,23H,1H3/t20-,23-/m1/s1. The van der Waals surface area contributed by atoms with Gasteiger partial charge in [0.25, 0.3) is 0 Å². The maximum atomic E-state index is 13.3. The summed E-state index contributed by atoms with van der Waals surface area (Å²) < 4.78 is 0. The molecule has 0 unspecified atom stereocenters. The summed E-state index contributed by atoms with van der Waals surface area (Å²) >= 11 is 1.76. The third-order valence-corrected chi connectivity index (χ3v) is 6.48. The van der Waals surface area contributed by atoms with Crippen molar-refractivity contribution in [1.29, 1.82) is 0 Å². The molecule has 2 nitrogen and oxygen atoms in total. The molecule has 126 valence electrons. The van der Waals surface area contributed by atoms with Gasteiger partial charge in [0.15, 0.2) is 5.78 Å². The lowest BCUT2D eigenvalue weighted by Gasteiger charge is -2.22. The lowest BCUT2D eigenvalue weighted by atomic mass is 9.92. The van der Waals surface area contributed by atoms with Gasteiger partial charge in [-0.2, -0.15) is 0 Å². The molecular weight excluding hydrogens is 338 g/mol. The van der Waals surface area contributed by atoms with Crippen molar-refractivity contribution < 1.29 is 4.79 Å². The van der Waals surface area contributed by atoms with E-state index in [0.717, 1.165) is 27.4 Å². The summed E-state index contributed by atoms with van der Waals surface area (Å²) in [5, 5.41) is 0.0252. The number of aliphatic imine (C=N–C) groups is 1. The fraction of sp³-hybridized carbons (Fsp3) is 0.130.